The number of rotatable bonds is 4. The molecule has 0 saturated heterocycles. The maximum atomic E-state index is 12.6. The number of halogens is 1. The summed E-state index contributed by atoms with van der Waals surface area (Å²) < 4.78 is 1.04. The molecule has 4 heteroatoms. The van der Waals surface area contributed by atoms with Gasteiger partial charge >= 0.3 is 0 Å². The molecule has 0 saturated carbocycles. The highest BCUT2D eigenvalue weighted by Crippen LogP contribution is 2.20. The molecule has 0 atom stereocenters. The van der Waals surface area contributed by atoms with Crippen LogP contribution < -0.4 is 5.32 Å². The molecule has 0 aromatic heterocycles. The SMILES string of the molecule is CNc1ccc(C)cc1C(=O)N(C)Cc1ccc(Br)cc1. The number of benzene rings is 2. The molecule has 0 aliphatic heterocycles. The van der Waals surface area contributed by atoms with Crippen LogP contribution in [0.25, 0.3) is 0 Å². The van der Waals surface area contributed by atoms with E-state index in [0.717, 1.165) is 21.3 Å². The second-order valence-electron chi connectivity index (χ2n) is 5.09. The summed E-state index contributed by atoms with van der Waals surface area (Å²) in [7, 11) is 3.66. The summed E-state index contributed by atoms with van der Waals surface area (Å²) in [5, 5.41) is 3.08. The summed E-state index contributed by atoms with van der Waals surface area (Å²) >= 11 is 3.42. The van der Waals surface area contributed by atoms with Gasteiger partial charge in [-0.3, -0.25) is 4.79 Å². The van der Waals surface area contributed by atoms with Gasteiger partial charge in [-0.1, -0.05) is 39.7 Å². The van der Waals surface area contributed by atoms with E-state index in [9.17, 15) is 4.79 Å². The van der Waals surface area contributed by atoms with E-state index in [-0.39, 0.29) is 5.91 Å². The normalized spacial score (nSPS) is 10.3. The molecule has 0 heterocycles. The van der Waals surface area contributed by atoms with Crippen LogP contribution >= 0.6 is 15.9 Å². The number of carbonyl (C=O) groups excluding carboxylic acids is 1. The molecule has 2 aromatic carbocycles. The summed E-state index contributed by atoms with van der Waals surface area (Å²) in [6.07, 6.45) is 0. The first-order valence-electron chi connectivity index (χ1n) is 6.79. The van der Waals surface area contributed by atoms with E-state index < -0.39 is 0 Å². The molecule has 0 bridgehead atoms. The second-order valence-corrected chi connectivity index (χ2v) is 6.00. The van der Waals surface area contributed by atoms with Crippen LogP contribution in [0.4, 0.5) is 5.69 Å². The molecule has 1 amide bonds. The molecule has 0 aliphatic rings. The number of anilines is 1. The molecule has 0 radical (unpaired) electrons. The van der Waals surface area contributed by atoms with Crippen molar-refractivity contribution in [3.63, 3.8) is 0 Å². The average molecular weight is 347 g/mol. The summed E-state index contributed by atoms with van der Waals surface area (Å²) in [5.74, 6) is 0.0194. The molecule has 0 unspecified atom stereocenters. The Balaban J connectivity index is 2.19. The molecule has 21 heavy (non-hydrogen) atoms. The Labute approximate surface area is 134 Å². The second kappa shape index (κ2) is 6.76. The van der Waals surface area contributed by atoms with E-state index in [1.807, 2.05) is 63.5 Å². The zero-order chi connectivity index (χ0) is 15.4. The number of aryl methyl sites for hydroxylation is 1. The maximum absolute atomic E-state index is 12.6. The number of hydrogen-bond donors (Lipinski definition) is 1. The number of nitrogens with one attached hydrogen (secondary N) is 1. The summed E-state index contributed by atoms with van der Waals surface area (Å²) in [6, 6.07) is 13.9. The lowest BCUT2D eigenvalue weighted by molar-refractivity contribution is 0.0786. The fourth-order valence-corrected chi connectivity index (χ4v) is 2.46. The fourth-order valence-electron chi connectivity index (χ4n) is 2.19. The predicted molar refractivity (Wildman–Crippen MR) is 90.7 cm³/mol. The third-order valence-electron chi connectivity index (χ3n) is 3.35. The Hall–Kier alpha value is -1.81. The van der Waals surface area contributed by atoms with Gasteiger partial charge in [0.2, 0.25) is 0 Å². The molecule has 2 rings (SSSR count). The van der Waals surface area contributed by atoms with Crippen LogP contribution in [0.5, 0.6) is 0 Å². The van der Waals surface area contributed by atoms with Gasteiger partial charge in [0.25, 0.3) is 5.91 Å². The van der Waals surface area contributed by atoms with Crippen molar-refractivity contribution in [2.24, 2.45) is 0 Å². The highest BCUT2D eigenvalue weighted by molar-refractivity contribution is 9.10. The largest absolute Gasteiger partial charge is 0.387 e. The lowest BCUT2D eigenvalue weighted by atomic mass is 10.1. The number of carbonyl (C=O) groups is 1. The van der Waals surface area contributed by atoms with Crippen LogP contribution in [-0.2, 0) is 6.54 Å². The Morgan fingerprint density at radius 3 is 2.48 bits per heavy atom. The zero-order valence-corrected chi connectivity index (χ0v) is 14.1. The van der Waals surface area contributed by atoms with Crippen molar-refractivity contribution in [3.05, 3.63) is 63.6 Å². The van der Waals surface area contributed by atoms with Crippen LogP contribution in [-0.4, -0.2) is 24.9 Å². The minimum atomic E-state index is 0.0194. The highest BCUT2D eigenvalue weighted by Gasteiger charge is 2.15. The van der Waals surface area contributed by atoms with Crippen molar-refractivity contribution in [2.75, 3.05) is 19.4 Å². The molecule has 3 nitrogen and oxygen atoms in total. The van der Waals surface area contributed by atoms with Gasteiger partial charge in [-0.2, -0.15) is 0 Å². The topological polar surface area (TPSA) is 32.3 Å². The van der Waals surface area contributed by atoms with Gasteiger partial charge in [-0.15, -0.1) is 0 Å². The zero-order valence-electron chi connectivity index (χ0n) is 12.5. The summed E-state index contributed by atoms with van der Waals surface area (Å²) in [4.78, 5) is 14.4. The van der Waals surface area contributed by atoms with Gasteiger partial charge in [0, 0.05) is 30.8 Å². The van der Waals surface area contributed by atoms with E-state index in [1.54, 1.807) is 4.90 Å². The van der Waals surface area contributed by atoms with Crippen LogP contribution in [0, 0.1) is 6.92 Å². The Morgan fingerprint density at radius 2 is 1.86 bits per heavy atom. The third-order valence-corrected chi connectivity index (χ3v) is 3.88. The smallest absolute Gasteiger partial charge is 0.256 e. The summed E-state index contributed by atoms with van der Waals surface area (Å²) in [5.41, 5.74) is 3.74. The average Bonchev–Trinajstić information content (AvgIpc) is 2.48. The van der Waals surface area contributed by atoms with Crippen LogP contribution in [0.15, 0.2) is 46.9 Å². The van der Waals surface area contributed by atoms with Crippen molar-refractivity contribution < 1.29 is 4.79 Å². The summed E-state index contributed by atoms with van der Waals surface area (Å²) in [6.45, 7) is 2.58. The Morgan fingerprint density at radius 1 is 1.19 bits per heavy atom. The van der Waals surface area contributed by atoms with Gasteiger partial charge in [0.1, 0.15) is 0 Å². The van der Waals surface area contributed by atoms with Gasteiger partial charge in [-0.25, -0.2) is 0 Å². The fraction of sp³-hybridized carbons (Fsp3) is 0.235. The van der Waals surface area contributed by atoms with E-state index in [2.05, 4.69) is 21.2 Å². The lowest BCUT2D eigenvalue weighted by Gasteiger charge is -2.19. The number of hydrogen-bond acceptors (Lipinski definition) is 2. The molecule has 0 aliphatic carbocycles. The minimum absolute atomic E-state index is 0.0194. The lowest BCUT2D eigenvalue weighted by Crippen LogP contribution is -2.27. The monoisotopic (exact) mass is 346 g/mol. The number of nitrogens with zero attached hydrogens (tertiary/aromatic N) is 1. The van der Waals surface area contributed by atoms with Crippen LogP contribution in [0.3, 0.4) is 0 Å². The molecule has 0 spiro atoms. The minimum Gasteiger partial charge on any atom is -0.387 e. The standard InChI is InChI=1S/C17H19BrN2O/c1-12-4-9-16(19-2)15(10-12)17(21)20(3)11-13-5-7-14(18)8-6-13/h4-10,19H,11H2,1-3H3. The van der Waals surface area contributed by atoms with Crippen LogP contribution in [0.2, 0.25) is 0 Å². The van der Waals surface area contributed by atoms with Crippen molar-refractivity contribution >= 4 is 27.5 Å². The molecular weight excluding hydrogens is 328 g/mol. The van der Waals surface area contributed by atoms with Crippen LogP contribution in [0.1, 0.15) is 21.5 Å². The molecule has 110 valence electrons. The van der Waals surface area contributed by atoms with E-state index in [0.29, 0.717) is 12.1 Å². The first-order valence-corrected chi connectivity index (χ1v) is 7.59. The van der Waals surface area contributed by atoms with Gasteiger partial charge in [0.15, 0.2) is 0 Å². The van der Waals surface area contributed by atoms with E-state index >= 15 is 0 Å². The van der Waals surface area contributed by atoms with Crippen molar-refractivity contribution in [1.82, 2.24) is 4.90 Å². The maximum Gasteiger partial charge on any atom is 0.256 e. The molecule has 1 N–H and O–H groups in total. The Bertz CT molecular complexity index is 638. The van der Waals surface area contributed by atoms with Crippen molar-refractivity contribution in [2.45, 2.75) is 13.5 Å². The van der Waals surface area contributed by atoms with E-state index in [4.69, 9.17) is 0 Å². The van der Waals surface area contributed by atoms with Gasteiger partial charge in [0.05, 0.1) is 5.56 Å². The molecule has 2 aromatic rings. The highest BCUT2D eigenvalue weighted by atomic mass is 79.9. The predicted octanol–water partition coefficient (Wildman–Crippen LogP) is 4.07. The van der Waals surface area contributed by atoms with Gasteiger partial charge in [-0.05, 0) is 36.8 Å². The quantitative estimate of drug-likeness (QED) is 0.904. The van der Waals surface area contributed by atoms with E-state index in [1.165, 1.54) is 0 Å². The Kier molecular flexibility index (Phi) is 5.02. The molecular formula is C17H19BrN2O. The third kappa shape index (κ3) is 3.85. The first kappa shape index (κ1) is 15.6. The molecule has 0 fully saturated rings. The van der Waals surface area contributed by atoms with Gasteiger partial charge < -0.3 is 10.2 Å². The first-order chi connectivity index (χ1) is 10.0. The number of amides is 1. The van der Waals surface area contributed by atoms with Crippen molar-refractivity contribution in [3.8, 4) is 0 Å². The van der Waals surface area contributed by atoms with Crippen molar-refractivity contribution in [1.29, 1.82) is 0 Å².